The third-order valence-electron chi connectivity index (χ3n) is 1.09. The van der Waals surface area contributed by atoms with Crippen LogP contribution in [0.1, 0.15) is 12.8 Å². The van der Waals surface area contributed by atoms with E-state index in [9.17, 15) is 9.00 Å². The van der Waals surface area contributed by atoms with Crippen LogP contribution in [0, 0.1) is 0 Å². The van der Waals surface area contributed by atoms with Gasteiger partial charge in [0, 0.05) is 12.8 Å². The van der Waals surface area contributed by atoms with Gasteiger partial charge < -0.3 is 4.74 Å². The van der Waals surface area contributed by atoms with E-state index in [1.807, 2.05) is 0 Å². The molecule has 1 aliphatic carbocycles. The monoisotopic (exact) mass is 199 g/mol. The van der Waals surface area contributed by atoms with Crippen LogP contribution >= 0.6 is 11.6 Å². The van der Waals surface area contributed by atoms with Crippen molar-refractivity contribution in [2.24, 2.45) is 0 Å². The summed E-state index contributed by atoms with van der Waals surface area (Å²) in [4.78, 5) is 10.5. The second kappa shape index (κ2) is 2.96. The van der Waals surface area contributed by atoms with Gasteiger partial charge in [0.2, 0.25) is 0 Å². The highest BCUT2D eigenvalue weighted by Crippen LogP contribution is 2.43. The molecule has 1 atom stereocenters. The van der Waals surface area contributed by atoms with Gasteiger partial charge in [-0.25, -0.2) is 13.7 Å². The summed E-state index contributed by atoms with van der Waals surface area (Å²) in [5, 5.41) is -0.927. The average molecular weight is 200 g/mol. The summed E-state index contributed by atoms with van der Waals surface area (Å²) in [5.74, 6) is 0. The van der Waals surface area contributed by atoms with Gasteiger partial charge in [-0.05, 0) is 0 Å². The summed E-state index contributed by atoms with van der Waals surface area (Å²) in [6.07, 6.45) is 0.193. The molecule has 64 valence electrons. The Morgan fingerprint density at radius 3 is 2.64 bits per heavy atom. The molecular weight excluding hydrogens is 194 g/mol. The first-order valence-electron chi connectivity index (χ1n) is 2.81. The van der Waals surface area contributed by atoms with Gasteiger partial charge in [-0.3, -0.25) is 4.55 Å². The summed E-state index contributed by atoms with van der Waals surface area (Å²) in [6, 6.07) is 0. The zero-order valence-corrected chi connectivity index (χ0v) is 6.94. The molecule has 1 fully saturated rings. The molecule has 1 aliphatic rings. The topological polar surface area (TPSA) is 75.6 Å². The number of alkyl halides is 1. The first-order valence-corrected chi connectivity index (χ1v) is 4.30. The molecule has 1 amide bonds. The second-order valence-corrected chi connectivity index (χ2v) is 3.52. The van der Waals surface area contributed by atoms with Crippen molar-refractivity contribution in [3.63, 3.8) is 0 Å². The first kappa shape index (κ1) is 8.76. The maximum absolute atomic E-state index is 10.5. The molecule has 2 N–H and O–H groups in total. The zero-order valence-electron chi connectivity index (χ0n) is 5.37. The van der Waals surface area contributed by atoms with E-state index in [-0.39, 0.29) is 0 Å². The molecule has 0 bridgehead atoms. The lowest BCUT2D eigenvalue weighted by molar-refractivity contribution is 0.129. The van der Waals surface area contributed by atoms with Crippen molar-refractivity contribution < 1.29 is 18.3 Å². The molecule has 0 radical (unpaired) electrons. The molecule has 1 saturated carbocycles. The van der Waals surface area contributed by atoms with Crippen LogP contribution in [0.25, 0.3) is 0 Å². The molecule has 5 nitrogen and oxygen atoms in total. The fourth-order valence-electron chi connectivity index (χ4n) is 0.459. The summed E-state index contributed by atoms with van der Waals surface area (Å²) < 4.78 is 24.3. The molecule has 0 saturated heterocycles. The van der Waals surface area contributed by atoms with Gasteiger partial charge in [-0.2, -0.15) is 0 Å². The minimum atomic E-state index is -2.39. The molecule has 11 heavy (non-hydrogen) atoms. The number of amides is 1. The minimum absolute atomic E-state index is 0.583. The van der Waals surface area contributed by atoms with Gasteiger partial charge in [0.05, 0.1) is 0 Å². The molecule has 7 heteroatoms. The lowest BCUT2D eigenvalue weighted by atomic mass is 10.8. The lowest BCUT2D eigenvalue weighted by Crippen LogP contribution is -2.28. The molecule has 0 aromatic carbocycles. The number of carbonyl (C=O) groups excluding carboxylic acids is 1. The van der Waals surface area contributed by atoms with Crippen molar-refractivity contribution in [1.82, 2.24) is 4.72 Å². The van der Waals surface area contributed by atoms with Gasteiger partial charge in [0.25, 0.3) is 11.3 Å². The minimum Gasteiger partial charge on any atom is -0.426 e. The van der Waals surface area contributed by atoms with Crippen LogP contribution in [0.4, 0.5) is 4.79 Å². The fourth-order valence-corrected chi connectivity index (χ4v) is 0.807. The predicted octanol–water partition coefficient (Wildman–Crippen LogP) is 0.578. The van der Waals surface area contributed by atoms with Gasteiger partial charge >= 0.3 is 6.09 Å². The summed E-state index contributed by atoms with van der Waals surface area (Å²) in [6.45, 7) is 0. The second-order valence-electron chi connectivity index (χ2n) is 2.12. The quantitative estimate of drug-likeness (QED) is 0.504. The Labute approximate surface area is 70.5 Å². The highest BCUT2D eigenvalue weighted by molar-refractivity contribution is 7.77. The molecule has 0 heterocycles. The number of nitrogens with one attached hydrogen (secondary N) is 1. The van der Waals surface area contributed by atoms with Crippen LogP contribution in [0.3, 0.4) is 0 Å². The Kier molecular flexibility index (Phi) is 2.36. The molecule has 0 aromatic heterocycles. The number of ether oxygens (including phenoxy) is 1. The molecule has 1 unspecified atom stereocenters. The number of rotatable bonds is 2. The highest BCUT2D eigenvalue weighted by atomic mass is 35.5. The SMILES string of the molecule is O=C(NS(=O)O)OC1(Cl)CC1. The van der Waals surface area contributed by atoms with Crippen LogP contribution in [0.15, 0.2) is 0 Å². The molecule has 0 aliphatic heterocycles. The molecule has 0 aromatic rings. The Morgan fingerprint density at radius 1 is 1.73 bits per heavy atom. The summed E-state index contributed by atoms with van der Waals surface area (Å²) >= 11 is 3.17. The van der Waals surface area contributed by atoms with E-state index in [4.69, 9.17) is 16.2 Å². The maximum atomic E-state index is 10.5. The third-order valence-corrected chi connectivity index (χ3v) is 1.89. The van der Waals surface area contributed by atoms with Crippen molar-refractivity contribution in [3.8, 4) is 0 Å². The first-order chi connectivity index (χ1) is 5.02. The lowest BCUT2D eigenvalue weighted by Gasteiger charge is -2.06. The van der Waals surface area contributed by atoms with E-state index in [1.165, 1.54) is 0 Å². The average Bonchev–Trinajstić information content (AvgIpc) is 2.44. The van der Waals surface area contributed by atoms with Gasteiger partial charge in [-0.15, -0.1) is 0 Å². The van der Waals surface area contributed by atoms with E-state index in [1.54, 1.807) is 4.72 Å². The van der Waals surface area contributed by atoms with Gasteiger partial charge in [0.15, 0.2) is 5.06 Å². The Bertz CT molecular complexity index is 204. The smallest absolute Gasteiger partial charge is 0.422 e. The van der Waals surface area contributed by atoms with Crippen LogP contribution in [-0.2, 0) is 16.0 Å². The van der Waals surface area contributed by atoms with E-state index >= 15 is 0 Å². The van der Waals surface area contributed by atoms with E-state index in [0.717, 1.165) is 0 Å². The van der Waals surface area contributed by atoms with Crippen LogP contribution < -0.4 is 4.72 Å². The van der Waals surface area contributed by atoms with Crippen molar-refractivity contribution >= 4 is 29.0 Å². The largest absolute Gasteiger partial charge is 0.426 e. The van der Waals surface area contributed by atoms with Crippen molar-refractivity contribution in [1.29, 1.82) is 0 Å². The Hall–Kier alpha value is -0.330. The van der Waals surface area contributed by atoms with E-state index in [2.05, 4.69) is 4.74 Å². The third kappa shape index (κ3) is 3.04. The van der Waals surface area contributed by atoms with Crippen LogP contribution in [0.5, 0.6) is 0 Å². The molecular formula is C4H6ClNO4S. The Balaban J connectivity index is 2.26. The standard InChI is InChI=1S/C4H6ClNO4S/c5-4(1-2-4)10-3(7)6-11(8)9/h1-2H2,(H,6,7)(H,8,9). The van der Waals surface area contributed by atoms with Crippen molar-refractivity contribution in [2.45, 2.75) is 17.9 Å². The highest BCUT2D eigenvalue weighted by Gasteiger charge is 2.45. The summed E-state index contributed by atoms with van der Waals surface area (Å²) in [7, 11) is 0. The van der Waals surface area contributed by atoms with Gasteiger partial charge in [0.1, 0.15) is 0 Å². The van der Waals surface area contributed by atoms with Gasteiger partial charge in [-0.1, -0.05) is 11.6 Å². The fraction of sp³-hybridized carbons (Fsp3) is 0.750. The normalized spacial score (nSPS) is 22.0. The number of halogens is 1. The maximum Gasteiger partial charge on any atom is 0.422 e. The van der Waals surface area contributed by atoms with Crippen LogP contribution in [0.2, 0.25) is 0 Å². The van der Waals surface area contributed by atoms with Crippen LogP contribution in [-0.4, -0.2) is 19.9 Å². The number of hydrogen-bond donors (Lipinski definition) is 2. The molecule has 0 spiro atoms. The van der Waals surface area contributed by atoms with E-state index < -0.39 is 22.4 Å². The Morgan fingerprint density at radius 2 is 2.27 bits per heavy atom. The number of carbonyl (C=O) groups is 1. The summed E-state index contributed by atoms with van der Waals surface area (Å²) in [5.41, 5.74) is 0. The zero-order chi connectivity index (χ0) is 8.48. The number of hydrogen-bond acceptors (Lipinski definition) is 3. The van der Waals surface area contributed by atoms with Crippen molar-refractivity contribution in [2.75, 3.05) is 0 Å². The van der Waals surface area contributed by atoms with E-state index in [0.29, 0.717) is 12.8 Å². The van der Waals surface area contributed by atoms with Crippen molar-refractivity contribution in [3.05, 3.63) is 0 Å². The molecule has 1 rings (SSSR count). The predicted molar refractivity (Wildman–Crippen MR) is 38.2 cm³/mol.